The van der Waals surface area contributed by atoms with E-state index in [9.17, 15) is 4.79 Å². The molecule has 4 nitrogen and oxygen atoms in total. The van der Waals surface area contributed by atoms with Gasteiger partial charge in [-0.1, -0.05) is 17.6 Å². The van der Waals surface area contributed by atoms with Gasteiger partial charge >= 0.3 is 0 Å². The number of hydrogen-bond acceptors (Lipinski definition) is 3. The monoisotopic (exact) mass is 200 g/mol. The molecule has 0 spiro atoms. The molecule has 0 atom stereocenters. The van der Waals surface area contributed by atoms with E-state index >= 15 is 0 Å². The molecule has 2 radical (unpaired) electrons. The molecule has 15 heavy (non-hydrogen) atoms. The van der Waals surface area contributed by atoms with Crippen LogP contribution in [-0.4, -0.2) is 33.0 Å². The summed E-state index contributed by atoms with van der Waals surface area (Å²) in [6, 6.07) is 6.40. The Morgan fingerprint density at radius 2 is 2.20 bits per heavy atom. The molecule has 0 bridgehead atoms. The summed E-state index contributed by atoms with van der Waals surface area (Å²) in [6.45, 7) is 0. The van der Waals surface area contributed by atoms with Gasteiger partial charge in [-0.05, 0) is 6.07 Å². The molecule has 0 N–H and O–H groups in total. The van der Waals surface area contributed by atoms with Gasteiger partial charge in [-0.15, -0.1) is 0 Å². The van der Waals surface area contributed by atoms with Crippen molar-refractivity contribution in [2.75, 3.05) is 14.2 Å². The van der Waals surface area contributed by atoms with E-state index in [1.807, 2.05) is 6.07 Å². The molecule has 5 heteroatoms. The molecule has 0 aromatic heterocycles. The Kier molecular flexibility index (Phi) is 3.48. The van der Waals surface area contributed by atoms with E-state index in [0.717, 1.165) is 5.06 Å². The molecule has 0 heterocycles. The van der Waals surface area contributed by atoms with E-state index in [1.165, 1.54) is 32.4 Å². The molecular weight excluding hydrogens is 191 g/mol. The zero-order chi connectivity index (χ0) is 11.4. The molecule has 1 amide bonds. The van der Waals surface area contributed by atoms with Crippen molar-refractivity contribution in [1.82, 2.24) is 5.06 Å². The minimum absolute atomic E-state index is 0.330. The average molecular weight is 200 g/mol. The predicted octanol–water partition coefficient (Wildman–Crippen LogP) is -0.0145. The molecule has 0 aliphatic heterocycles. The number of benzene rings is 1. The highest BCUT2D eigenvalue weighted by Crippen LogP contribution is 2.05. The third-order valence-electron chi connectivity index (χ3n) is 1.89. The van der Waals surface area contributed by atoms with Gasteiger partial charge in [-0.25, -0.2) is 5.06 Å². The summed E-state index contributed by atoms with van der Waals surface area (Å²) in [4.78, 5) is 16.4. The van der Waals surface area contributed by atoms with Crippen LogP contribution in [0.5, 0.6) is 0 Å². The smallest absolute Gasteiger partial charge is 0.274 e. The van der Waals surface area contributed by atoms with Crippen molar-refractivity contribution in [1.29, 1.82) is 5.26 Å². The Morgan fingerprint density at radius 1 is 1.53 bits per heavy atom. The van der Waals surface area contributed by atoms with Gasteiger partial charge in [-0.2, -0.15) is 5.26 Å². The normalized spacial score (nSPS) is 9.40. The summed E-state index contributed by atoms with van der Waals surface area (Å²) in [5, 5.41) is 9.77. The van der Waals surface area contributed by atoms with E-state index in [1.54, 1.807) is 0 Å². The Bertz CT molecular complexity index is 426. The standard InChI is InChI=1S/C10H9BN2O2/c1-13(15-2)10(14)8-3-7(6-12)4-9(11)5-8/h3-5H,1-2H3. The molecular formula is C10H9BN2O2. The maximum atomic E-state index is 11.6. The second-order valence-corrected chi connectivity index (χ2v) is 2.94. The first-order valence-corrected chi connectivity index (χ1v) is 4.21. The molecule has 0 unspecified atom stereocenters. The second-order valence-electron chi connectivity index (χ2n) is 2.94. The van der Waals surface area contributed by atoms with Crippen LogP contribution in [0, 0.1) is 11.3 Å². The SMILES string of the molecule is [B]c1cc(C#N)cc(C(=O)N(C)OC)c1. The van der Waals surface area contributed by atoms with Gasteiger partial charge in [0.1, 0.15) is 7.85 Å². The van der Waals surface area contributed by atoms with Gasteiger partial charge in [0.15, 0.2) is 0 Å². The quantitative estimate of drug-likeness (QED) is 0.498. The third-order valence-corrected chi connectivity index (χ3v) is 1.89. The van der Waals surface area contributed by atoms with Gasteiger partial charge in [-0.3, -0.25) is 9.63 Å². The third kappa shape index (κ3) is 2.58. The van der Waals surface area contributed by atoms with E-state index in [0.29, 0.717) is 16.6 Å². The lowest BCUT2D eigenvalue weighted by atomic mass is 9.92. The fourth-order valence-corrected chi connectivity index (χ4v) is 1.10. The zero-order valence-electron chi connectivity index (χ0n) is 8.52. The molecule has 0 saturated heterocycles. The van der Waals surface area contributed by atoms with Crippen molar-refractivity contribution in [2.45, 2.75) is 0 Å². The number of rotatable bonds is 2. The van der Waals surface area contributed by atoms with Crippen LogP contribution in [0.2, 0.25) is 0 Å². The summed E-state index contributed by atoms with van der Waals surface area (Å²) in [6.07, 6.45) is 0. The molecule has 0 fully saturated rings. The number of nitrogens with zero attached hydrogens (tertiary/aromatic N) is 2. The van der Waals surface area contributed by atoms with Gasteiger partial charge in [0.05, 0.1) is 18.7 Å². The number of carbonyl (C=O) groups is 1. The van der Waals surface area contributed by atoms with Gasteiger partial charge in [0.2, 0.25) is 0 Å². The van der Waals surface area contributed by atoms with Crippen LogP contribution in [0.4, 0.5) is 0 Å². The van der Waals surface area contributed by atoms with Crippen LogP contribution in [-0.2, 0) is 4.84 Å². The first-order valence-electron chi connectivity index (χ1n) is 4.21. The van der Waals surface area contributed by atoms with E-state index < -0.39 is 0 Å². The number of carbonyl (C=O) groups excluding carboxylic acids is 1. The summed E-state index contributed by atoms with van der Waals surface area (Å²) in [5.41, 5.74) is 1.06. The zero-order valence-corrected chi connectivity index (χ0v) is 8.52. The lowest BCUT2D eigenvalue weighted by Gasteiger charge is -2.13. The summed E-state index contributed by atoms with van der Waals surface area (Å²) in [7, 11) is 8.42. The minimum Gasteiger partial charge on any atom is -0.274 e. The summed E-state index contributed by atoms with van der Waals surface area (Å²) < 4.78 is 0. The molecule has 74 valence electrons. The molecule has 0 aliphatic rings. The Balaban J connectivity index is 3.10. The van der Waals surface area contributed by atoms with Crippen molar-refractivity contribution >= 4 is 19.2 Å². The maximum absolute atomic E-state index is 11.6. The fourth-order valence-electron chi connectivity index (χ4n) is 1.10. The first-order chi connectivity index (χ1) is 7.08. The van der Waals surface area contributed by atoms with Crippen LogP contribution in [0.1, 0.15) is 15.9 Å². The molecule has 1 aromatic rings. The molecule has 1 aromatic carbocycles. The van der Waals surface area contributed by atoms with E-state index in [-0.39, 0.29) is 5.91 Å². The minimum atomic E-state index is -0.346. The topological polar surface area (TPSA) is 53.3 Å². The van der Waals surface area contributed by atoms with Crippen LogP contribution in [0.3, 0.4) is 0 Å². The maximum Gasteiger partial charge on any atom is 0.277 e. The average Bonchev–Trinajstić information content (AvgIpc) is 2.26. The molecule has 0 saturated carbocycles. The van der Waals surface area contributed by atoms with Gasteiger partial charge < -0.3 is 0 Å². The van der Waals surface area contributed by atoms with Crippen LogP contribution < -0.4 is 5.46 Å². The van der Waals surface area contributed by atoms with E-state index in [4.69, 9.17) is 17.9 Å². The van der Waals surface area contributed by atoms with E-state index in [2.05, 4.69) is 0 Å². The Labute approximate surface area is 89.4 Å². The molecule has 1 rings (SSSR count). The lowest BCUT2D eigenvalue weighted by Crippen LogP contribution is -2.26. The van der Waals surface area contributed by atoms with Gasteiger partial charge in [0.25, 0.3) is 5.91 Å². The highest BCUT2D eigenvalue weighted by atomic mass is 16.7. The largest absolute Gasteiger partial charge is 0.277 e. The number of hydrogen-bond donors (Lipinski definition) is 0. The van der Waals surface area contributed by atoms with Gasteiger partial charge in [0, 0.05) is 12.6 Å². The lowest BCUT2D eigenvalue weighted by molar-refractivity contribution is -0.0756. The number of amides is 1. The fraction of sp³-hybridized carbons (Fsp3) is 0.200. The Morgan fingerprint density at radius 3 is 2.73 bits per heavy atom. The van der Waals surface area contributed by atoms with Crippen LogP contribution in [0.25, 0.3) is 0 Å². The van der Waals surface area contributed by atoms with Crippen LogP contribution in [0.15, 0.2) is 18.2 Å². The number of hydroxylamine groups is 2. The summed E-state index contributed by atoms with van der Waals surface area (Å²) in [5.74, 6) is -0.346. The van der Waals surface area contributed by atoms with Crippen molar-refractivity contribution in [3.8, 4) is 6.07 Å². The predicted molar refractivity (Wildman–Crippen MR) is 55.6 cm³/mol. The van der Waals surface area contributed by atoms with Crippen molar-refractivity contribution < 1.29 is 9.63 Å². The van der Waals surface area contributed by atoms with Crippen molar-refractivity contribution in [2.24, 2.45) is 0 Å². The van der Waals surface area contributed by atoms with Crippen molar-refractivity contribution in [3.05, 3.63) is 29.3 Å². The highest BCUT2D eigenvalue weighted by molar-refractivity contribution is 6.32. The second kappa shape index (κ2) is 4.62. The molecule has 0 aliphatic carbocycles. The first kappa shape index (κ1) is 11.3. The van der Waals surface area contributed by atoms with Crippen molar-refractivity contribution in [3.63, 3.8) is 0 Å². The van der Waals surface area contributed by atoms with Crippen LogP contribution >= 0.6 is 0 Å². The summed E-state index contributed by atoms with van der Waals surface area (Å²) >= 11 is 0. The number of nitriles is 1. The highest BCUT2D eigenvalue weighted by Gasteiger charge is 2.12. The Hall–Kier alpha value is -1.80.